The van der Waals surface area contributed by atoms with Crippen LogP contribution in [0, 0.1) is 11.2 Å². The van der Waals surface area contributed by atoms with E-state index in [0.29, 0.717) is 50.6 Å². The van der Waals surface area contributed by atoms with Crippen molar-refractivity contribution < 1.29 is 18.3 Å². The molecule has 152 valence electrons. The molecule has 3 nitrogen and oxygen atoms in total. The van der Waals surface area contributed by atoms with Gasteiger partial charge in [0, 0.05) is 24.6 Å². The highest BCUT2D eigenvalue weighted by Gasteiger charge is 2.49. The number of likely N-dealkylation sites (tertiary alicyclic amines) is 1. The molecule has 1 aromatic rings. The third-order valence-electron chi connectivity index (χ3n) is 7.58. The zero-order chi connectivity index (χ0) is 19.4. The largest absolute Gasteiger partial charge is 0.493 e. The number of hydrogen-bond donors (Lipinski definition) is 0. The number of carbonyl (C=O) groups is 1. The van der Waals surface area contributed by atoms with Crippen molar-refractivity contribution in [1.29, 1.82) is 0 Å². The molecule has 5 heteroatoms. The van der Waals surface area contributed by atoms with Gasteiger partial charge >= 0.3 is 0 Å². The molecule has 0 unspecified atom stereocenters. The Hall–Kier alpha value is -1.65. The summed E-state index contributed by atoms with van der Waals surface area (Å²) in [6, 6.07) is 3.17. The van der Waals surface area contributed by atoms with Crippen molar-refractivity contribution >= 4 is 5.91 Å². The highest BCUT2D eigenvalue weighted by Crippen LogP contribution is 2.54. The zero-order valence-corrected chi connectivity index (χ0v) is 16.4. The van der Waals surface area contributed by atoms with E-state index in [1.54, 1.807) is 11.0 Å². The molecule has 4 aliphatic carbocycles. The van der Waals surface area contributed by atoms with Gasteiger partial charge in [-0.25, -0.2) is 8.78 Å². The van der Waals surface area contributed by atoms with E-state index in [1.165, 1.54) is 6.07 Å². The van der Waals surface area contributed by atoms with Crippen LogP contribution in [0.1, 0.15) is 86.0 Å². The van der Waals surface area contributed by atoms with Crippen LogP contribution in [0.4, 0.5) is 8.78 Å². The fourth-order valence-electron chi connectivity index (χ4n) is 5.33. The molecule has 0 spiro atoms. The predicted octanol–water partition coefficient (Wildman–Crippen LogP) is 5.38. The fraction of sp³-hybridized carbons (Fsp3) is 0.696. The van der Waals surface area contributed by atoms with Gasteiger partial charge in [-0.1, -0.05) is 0 Å². The van der Waals surface area contributed by atoms with Crippen LogP contribution in [0.5, 0.6) is 5.75 Å². The number of alkyl halides is 1. The number of nitrogens with zero attached hydrogens (tertiary/aromatic N) is 1. The van der Waals surface area contributed by atoms with E-state index < -0.39 is 11.5 Å². The fourth-order valence-corrected chi connectivity index (χ4v) is 5.33. The first-order chi connectivity index (χ1) is 13.5. The SMILES string of the molecule is O=C(c1cc(C2CC2)c(OCC23CCC(F)(CC2)CC3)cc1F)N1CCCC1. The third-order valence-corrected chi connectivity index (χ3v) is 7.58. The maximum absolute atomic E-state index is 14.8. The van der Waals surface area contributed by atoms with E-state index >= 15 is 0 Å². The molecule has 1 aliphatic heterocycles. The molecule has 28 heavy (non-hydrogen) atoms. The number of halogens is 2. The minimum Gasteiger partial charge on any atom is -0.493 e. The molecule has 4 saturated carbocycles. The molecular formula is C23H29F2NO2. The summed E-state index contributed by atoms with van der Waals surface area (Å²) in [5, 5.41) is 0. The number of rotatable bonds is 5. The van der Waals surface area contributed by atoms with Gasteiger partial charge in [0.05, 0.1) is 12.2 Å². The number of hydrogen-bond acceptors (Lipinski definition) is 2. The van der Waals surface area contributed by atoms with Crippen molar-refractivity contribution in [3.63, 3.8) is 0 Å². The van der Waals surface area contributed by atoms with E-state index in [1.807, 2.05) is 0 Å². The van der Waals surface area contributed by atoms with Gasteiger partial charge in [-0.3, -0.25) is 4.79 Å². The number of benzene rings is 1. The number of carbonyl (C=O) groups excluding carboxylic acids is 1. The summed E-state index contributed by atoms with van der Waals surface area (Å²) in [5.74, 6) is 0.286. The van der Waals surface area contributed by atoms with Gasteiger partial charge in [0.2, 0.25) is 0 Å². The van der Waals surface area contributed by atoms with Crippen LogP contribution in [-0.2, 0) is 0 Å². The first kappa shape index (κ1) is 18.4. The summed E-state index contributed by atoms with van der Waals surface area (Å²) < 4.78 is 35.5. The maximum atomic E-state index is 14.8. The Morgan fingerprint density at radius 3 is 2.32 bits per heavy atom. The normalized spacial score (nSPS) is 32.0. The van der Waals surface area contributed by atoms with Crippen LogP contribution in [0.25, 0.3) is 0 Å². The van der Waals surface area contributed by atoms with Gasteiger partial charge in [0.1, 0.15) is 17.2 Å². The Bertz CT molecular complexity index is 759. The summed E-state index contributed by atoms with van der Waals surface area (Å²) >= 11 is 0. The lowest BCUT2D eigenvalue weighted by atomic mass is 9.60. The Balaban J connectivity index is 1.36. The molecule has 1 saturated heterocycles. The number of amides is 1. The van der Waals surface area contributed by atoms with Crippen molar-refractivity contribution in [2.45, 2.75) is 75.8 Å². The average molecular weight is 389 g/mol. The number of ether oxygens (including phenoxy) is 1. The smallest absolute Gasteiger partial charge is 0.256 e. The van der Waals surface area contributed by atoms with Crippen molar-refractivity contribution in [1.82, 2.24) is 4.90 Å². The van der Waals surface area contributed by atoms with E-state index in [4.69, 9.17) is 4.74 Å². The van der Waals surface area contributed by atoms with Crippen molar-refractivity contribution in [3.05, 3.63) is 29.1 Å². The minimum absolute atomic E-state index is 0.0369. The quantitative estimate of drug-likeness (QED) is 0.677. The van der Waals surface area contributed by atoms with Crippen LogP contribution in [0.2, 0.25) is 0 Å². The molecule has 6 rings (SSSR count). The molecule has 0 atom stereocenters. The molecule has 5 aliphatic rings. The zero-order valence-electron chi connectivity index (χ0n) is 16.4. The Morgan fingerprint density at radius 2 is 1.71 bits per heavy atom. The topological polar surface area (TPSA) is 29.5 Å². The molecule has 1 heterocycles. The average Bonchev–Trinajstić information content (AvgIpc) is 3.40. The van der Waals surface area contributed by atoms with Crippen LogP contribution in [-0.4, -0.2) is 36.2 Å². The first-order valence-corrected chi connectivity index (χ1v) is 10.9. The molecule has 1 amide bonds. The van der Waals surface area contributed by atoms with Crippen molar-refractivity contribution in [3.8, 4) is 5.75 Å². The molecular weight excluding hydrogens is 360 g/mol. The van der Waals surface area contributed by atoms with E-state index in [9.17, 15) is 13.6 Å². The van der Waals surface area contributed by atoms with Gasteiger partial charge in [0.15, 0.2) is 0 Å². The highest BCUT2D eigenvalue weighted by atomic mass is 19.1. The number of fused-ring (bicyclic) bond motifs is 3. The summed E-state index contributed by atoms with van der Waals surface area (Å²) in [7, 11) is 0. The van der Waals surface area contributed by atoms with E-state index in [2.05, 4.69) is 0 Å². The van der Waals surface area contributed by atoms with Gasteiger partial charge in [-0.2, -0.15) is 0 Å². The molecule has 1 aromatic carbocycles. The van der Waals surface area contributed by atoms with Crippen LogP contribution < -0.4 is 4.74 Å². The van der Waals surface area contributed by atoms with E-state index in [0.717, 1.165) is 50.5 Å². The minimum atomic E-state index is -0.954. The molecule has 0 radical (unpaired) electrons. The summed E-state index contributed by atoms with van der Waals surface area (Å²) in [4.78, 5) is 14.5. The maximum Gasteiger partial charge on any atom is 0.256 e. The van der Waals surface area contributed by atoms with Crippen LogP contribution in [0.15, 0.2) is 12.1 Å². The van der Waals surface area contributed by atoms with Crippen LogP contribution in [0.3, 0.4) is 0 Å². The first-order valence-electron chi connectivity index (χ1n) is 10.9. The highest BCUT2D eigenvalue weighted by molar-refractivity contribution is 5.95. The monoisotopic (exact) mass is 389 g/mol. The third kappa shape index (κ3) is 3.31. The van der Waals surface area contributed by atoms with Gasteiger partial charge < -0.3 is 9.64 Å². The summed E-state index contributed by atoms with van der Waals surface area (Å²) in [6.07, 6.45) is 8.57. The lowest BCUT2D eigenvalue weighted by Gasteiger charge is -2.49. The second-order valence-electron chi connectivity index (χ2n) is 9.58. The van der Waals surface area contributed by atoms with Crippen LogP contribution >= 0.6 is 0 Å². The van der Waals surface area contributed by atoms with Gasteiger partial charge in [-0.05, 0) is 81.8 Å². The lowest BCUT2D eigenvalue weighted by molar-refractivity contribution is -0.0548. The Kier molecular flexibility index (Phi) is 4.40. The Labute approximate surface area is 165 Å². The molecule has 5 fully saturated rings. The van der Waals surface area contributed by atoms with E-state index in [-0.39, 0.29) is 16.9 Å². The van der Waals surface area contributed by atoms with Gasteiger partial charge in [0.25, 0.3) is 5.91 Å². The summed E-state index contributed by atoms with van der Waals surface area (Å²) in [5.41, 5.74) is 0.249. The Morgan fingerprint density at radius 1 is 1.07 bits per heavy atom. The molecule has 2 bridgehead atoms. The van der Waals surface area contributed by atoms with Crippen molar-refractivity contribution in [2.24, 2.45) is 5.41 Å². The molecule has 0 N–H and O–H groups in total. The predicted molar refractivity (Wildman–Crippen MR) is 103 cm³/mol. The van der Waals surface area contributed by atoms with Crippen molar-refractivity contribution in [2.75, 3.05) is 19.7 Å². The lowest BCUT2D eigenvalue weighted by Crippen LogP contribution is -2.46. The second-order valence-corrected chi connectivity index (χ2v) is 9.58. The molecule has 0 aromatic heterocycles. The standard InChI is InChI=1S/C23H29F2NO2/c24-19-14-20(28-15-22-5-8-23(25,9-6-22)10-7-22)17(16-3-4-16)13-18(19)21(27)26-11-1-2-12-26/h13-14,16H,1-12,15H2. The van der Waals surface area contributed by atoms with Gasteiger partial charge in [-0.15, -0.1) is 0 Å². The summed E-state index contributed by atoms with van der Waals surface area (Å²) in [6.45, 7) is 1.96. The second kappa shape index (κ2) is 6.70.